The molecule has 2 aliphatic carbocycles. The highest BCUT2D eigenvalue weighted by molar-refractivity contribution is 6.04. The van der Waals surface area contributed by atoms with Gasteiger partial charge in [-0.1, -0.05) is 166 Å². The Labute approximate surface area is 298 Å². The Bertz CT molecular complexity index is 2700. The molecule has 3 aliphatic rings. The first-order valence-corrected chi connectivity index (χ1v) is 17.9. The number of hydrogen-bond donors (Lipinski definition) is 0. The summed E-state index contributed by atoms with van der Waals surface area (Å²) < 4.78 is 6.95. The van der Waals surface area contributed by atoms with E-state index in [0.717, 1.165) is 16.9 Å². The van der Waals surface area contributed by atoms with E-state index in [9.17, 15) is 0 Å². The molecule has 0 atom stereocenters. The standard InChI is InChI=1S/C50H34O/c1-49(2)41-18-8-5-14-35(41)38-28-27-33(29-45(38)49)31-23-25-32(26-24-31)40-30-46-48(39-17-4-3-13-34(39)40)51-47-22-12-11-21-44(47)50(46)42-19-9-6-15-36(42)37-16-7-10-20-43(37)50/h3-30H,1-2H3. The van der Waals surface area contributed by atoms with Crippen LogP contribution in [0.15, 0.2) is 170 Å². The molecular weight excluding hydrogens is 617 g/mol. The van der Waals surface area contributed by atoms with Crippen molar-refractivity contribution >= 4 is 10.8 Å². The van der Waals surface area contributed by atoms with Crippen LogP contribution >= 0.6 is 0 Å². The molecule has 0 fully saturated rings. The van der Waals surface area contributed by atoms with Gasteiger partial charge < -0.3 is 4.74 Å². The second-order valence-corrected chi connectivity index (χ2v) is 14.8. The van der Waals surface area contributed by atoms with Crippen LogP contribution < -0.4 is 4.74 Å². The summed E-state index contributed by atoms with van der Waals surface area (Å²) in [5.74, 6) is 1.86. The first kappa shape index (κ1) is 28.6. The summed E-state index contributed by atoms with van der Waals surface area (Å²) >= 11 is 0. The summed E-state index contributed by atoms with van der Waals surface area (Å²) in [6, 6.07) is 62.7. The predicted molar refractivity (Wildman–Crippen MR) is 210 cm³/mol. The molecule has 1 heterocycles. The summed E-state index contributed by atoms with van der Waals surface area (Å²) in [6.45, 7) is 4.70. The van der Waals surface area contributed by atoms with Crippen molar-refractivity contribution in [1.29, 1.82) is 0 Å². The zero-order valence-electron chi connectivity index (χ0n) is 28.6. The maximum Gasteiger partial charge on any atom is 0.140 e. The van der Waals surface area contributed by atoms with E-state index in [-0.39, 0.29) is 5.41 Å². The first-order chi connectivity index (χ1) is 25.0. The minimum absolute atomic E-state index is 0.0297. The second kappa shape index (κ2) is 10.2. The van der Waals surface area contributed by atoms with Crippen molar-refractivity contribution in [2.24, 2.45) is 0 Å². The Morgan fingerprint density at radius 3 is 1.57 bits per heavy atom. The fourth-order valence-corrected chi connectivity index (χ4v) is 9.64. The molecule has 0 saturated carbocycles. The number of para-hydroxylation sites is 1. The lowest BCUT2D eigenvalue weighted by molar-refractivity contribution is 0.442. The summed E-state index contributed by atoms with van der Waals surface area (Å²) in [4.78, 5) is 0. The number of ether oxygens (including phenoxy) is 1. The molecule has 51 heavy (non-hydrogen) atoms. The summed E-state index contributed by atoms with van der Waals surface area (Å²) in [7, 11) is 0. The number of hydrogen-bond acceptors (Lipinski definition) is 1. The van der Waals surface area contributed by atoms with E-state index in [4.69, 9.17) is 4.74 Å². The second-order valence-electron chi connectivity index (χ2n) is 14.8. The van der Waals surface area contributed by atoms with Crippen molar-refractivity contribution in [3.05, 3.63) is 203 Å². The smallest absolute Gasteiger partial charge is 0.140 e. The molecule has 8 aromatic carbocycles. The van der Waals surface area contributed by atoms with Crippen molar-refractivity contribution in [3.8, 4) is 56.0 Å². The van der Waals surface area contributed by atoms with Crippen LogP contribution in [0.1, 0.15) is 47.2 Å². The molecule has 0 unspecified atom stereocenters. The van der Waals surface area contributed by atoms with Gasteiger partial charge in [0.2, 0.25) is 0 Å². The minimum atomic E-state index is -0.509. The van der Waals surface area contributed by atoms with Crippen LogP contribution in [0.4, 0.5) is 0 Å². The molecule has 1 nitrogen and oxygen atoms in total. The van der Waals surface area contributed by atoms with E-state index < -0.39 is 5.41 Å². The largest absolute Gasteiger partial charge is 0.456 e. The predicted octanol–water partition coefficient (Wildman–Crippen LogP) is 12.9. The number of benzene rings is 8. The Balaban J connectivity index is 1.11. The zero-order chi connectivity index (χ0) is 33.9. The van der Waals surface area contributed by atoms with E-state index in [1.807, 2.05) is 0 Å². The van der Waals surface area contributed by atoms with Crippen LogP contribution in [0.5, 0.6) is 11.5 Å². The van der Waals surface area contributed by atoms with E-state index in [0.29, 0.717) is 0 Å². The third-order valence-corrected chi connectivity index (χ3v) is 12.0. The normalized spacial score (nSPS) is 14.9. The topological polar surface area (TPSA) is 9.23 Å². The fraction of sp³-hybridized carbons (Fsp3) is 0.0800. The Morgan fingerprint density at radius 1 is 0.353 bits per heavy atom. The lowest BCUT2D eigenvalue weighted by atomic mass is 9.65. The van der Waals surface area contributed by atoms with Crippen molar-refractivity contribution in [3.63, 3.8) is 0 Å². The van der Waals surface area contributed by atoms with Gasteiger partial charge in [-0.3, -0.25) is 0 Å². The molecular formula is C50H34O. The maximum absolute atomic E-state index is 6.95. The van der Waals surface area contributed by atoms with Crippen LogP contribution in [0.2, 0.25) is 0 Å². The van der Waals surface area contributed by atoms with Gasteiger partial charge in [-0.2, -0.15) is 0 Å². The summed E-state index contributed by atoms with van der Waals surface area (Å²) in [5.41, 5.74) is 17.4. The van der Waals surface area contributed by atoms with Gasteiger partial charge in [-0.05, 0) is 90.3 Å². The van der Waals surface area contributed by atoms with Crippen LogP contribution in [-0.4, -0.2) is 0 Å². The monoisotopic (exact) mass is 650 g/mol. The van der Waals surface area contributed by atoms with Gasteiger partial charge in [0.1, 0.15) is 11.5 Å². The van der Waals surface area contributed by atoms with Gasteiger partial charge in [-0.15, -0.1) is 0 Å². The molecule has 0 N–H and O–H groups in total. The summed E-state index contributed by atoms with van der Waals surface area (Å²) in [6.07, 6.45) is 0. The van der Waals surface area contributed by atoms with Gasteiger partial charge in [-0.25, -0.2) is 0 Å². The highest BCUT2D eigenvalue weighted by atomic mass is 16.5. The third kappa shape index (κ3) is 3.71. The van der Waals surface area contributed by atoms with Crippen LogP contribution in [0, 0.1) is 0 Å². The Morgan fingerprint density at radius 2 is 0.863 bits per heavy atom. The minimum Gasteiger partial charge on any atom is -0.456 e. The van der Waals surface area contributed by atoms with Gasteiger partial charge in [0.25, 0.3) is 0 Å². The van der Waals surface area contributed by atoms with Gasteiger partial charge in [0.15, 0.2) is 0 Å². The van der Waals surface area contributed by atoms with E-state index in [1.54, 1.807) is 0 Å². The molecule has 1 spiro atoms. The Kier molecular flexibility index (Phi) is 5.72. The van der Waals surface area contributed by atoms with E-state index >= 15 is 0 Å². The molecule has 0 saturated heterocycles. The van der Waals surface area contributed by atoms with E-state index in [1.165, 1.54) is 83.3 Å². The third-order valence-electron chi connectivity index (χ3n) is 12.0. The molecule has 0 aromatic heterocycles. The number of fused-ring (bicyclic) bond motifs is 14. The van der Waals surface area contributed by atoms with Gasteiger partial charge >= 0.3 is 0 Å². The SMILES string of the molecule is CC1(C)c2ccccc2-c2ccc(-c3ccc(-c4cc5c(c6ccccc46)Oc4ccccc4C54c5ccccc5-c5ccccc54)cc3)cc21. The molecule has 0 amide bonds. The van der Waals surface area contributed by atoms with Gasteiger partial charge in [0.05, 0.1) is 5.41 Å². The lowest BCUT2D eigenvalue weighted by Crippen LogP contribution is -2.32. The molecule has 1 aliphatic heterocycles. The zero-order valence-corrected chi connectivity index (χ0v) is 28.6. The van der Waals surface area contributed by atoms with Crippen molar-refractivity contribution in [1.82, 2.24) is 0 Å². The highest BCUT2D eigenvalue weighted by Gasteiger charge is 2.51. The average Bonchev–Trinajstić information content (AvgIpc) is 3.61. The van der Waals surface area contributed by atoms with Crippen molar-refractivity contribution < 1.29 is 4.74 Å². The van der Waals surface area contributed by atoms with Crippen LogP contribution in [0.25, 0.3) is 55.3 Å². The molecule has 1 heteroatoms. The molecule has 0 radical (unpaired) electrons. The molecule has 8 aromatic rings. The highest BCUT2D eigenvalue weighted by Crippen LogP contribution is 2.63. The lowest BCUT2D eigenvalue weighted by Gasteiger charge is -2.40. The number of rotatable bonds is 2. The Hall–Kier alpha value is -6.18. The quantitative estimate of drug-likeness (QED) is 0.181. The van der Waals surface area contributed by atoms with Crippen molar-refractivity contribution in [2.75, 3.05) is 0 Å². The molecule has 240 valence electrons. The molecule has 11 rings (SSSR count). The van der Waals surface area contributed by atoms with E-state index in [2.05, 4.69) is 184 Å². The summed E-state index contributed by atoms with van der Waals surface area (Å²) in [5, 5.41) is 2.32. The first-order valence-electron chi connectivity index (χ1n) is 17.9. The van der Waals surface area contributed by atoms with Gasteiger partial charge in [0, 0.05) is 21.9 Å². The van der Waals surface area contributed by atoms with Crippen LogP contribution in [0.3, 0.4) is 0 Å². The molecule has 0 bridgehead atoms. The average molecular weight is 651 g/mol. The fourth-order valence-electron chi connectivity index (χ4n) is 9.64. The maximum atomic E-state index is 6.95. The van der Waals surface area contributed by atoms with Crippen molar-refractivity contribution in [2.45, 2.75) is 24.7 Å². The van der Waals surface area contributed by atoms with Crippen LogP contribution in [-0.2, 0) is 10.8 Å².